The van der Waals surface area contributed by atoms with Crippen LogP contribution in [-0.4, -0.2) is 73.2 Å². The fraction of sp³-hybridized carbons (Fsp3) is 0.471. The summed E-state index contributed by atoms with van der Waals surface area (Å²) in [6.45, 7) is 0.558. The van der Waals surface area contributed by atoms with E-state index in [9.17, 15) is 19.2 Å². The van der Waals surface area contributed by atoms with Crippen molar-refractivity contribution in [3.05, 3.63) is 71.3 Å². The number of nitrogens with zero attached hydrogens (tertiary/aromatic N) is 2. The van der Waals surface area contributed by atoms with Gasteiger partial charge in [-0.3, -0.25) is 24.8 Å². The molecule has 1 fully saturated rings. The third kappa shape index (κ3) is 11.4. The van der Waals surface area contributed by atoms with Gasteiger partial charge in [0.1, 0.15) is 23.8 Å². The number of carbonyl (C=O) groups excluding carboxylic acids is 4. The minimum atomic E-state index is -1.15. The van der Waals surface area contributed by atoms with E-state index in [1.165, 1.54) is 12.0 Å². The first-order valence-corrected chi connectivity index (χ1v) is 16.0. The summed E-state index contributed by atoms with van der Waals surface area (Å²) in [5.41, 5.74) is 18.5. The van der Waals surface area contributed by atoms with Gasteiger partial charge in [-0.25, -0.2) is 4.79 Å². The number of esters is 1. The topological polar surface area (TPSA) is 219 Å². The molecule has 0 saturated heterocycles. The van der Waals surface area contributed by atoms with E-state index in [0.717, 1.165) is 24.8 Å². The van der Waals surface area contributed by atoms with Crippen LogP contribution in [0.5, 0.6) is 0 Å². The second-order valence-electron chi connectivity index (χ2n) is 12.0. The van der Waals surface area contributed by atoms with Gasteiger partial charge in [-0.05, 0) is 49.1 Å². The van der Waals surface area contributed by atoms with E-state index >= 15 is 0 Å². The van der Waals surface area contributed by atoms with Crippen LogP contribution in [0.4, 0.5) is 0 Å². The van der Waals surface area contributed by atoms with Gasteiger partial charge in [0.05, 0.1) is 7.11 Å². The van der Waals surface area contributed by atoms with Gasteiger partial charge in [0, 0.05) is 25.7 Å². The van der Waals surface area contributed by atoms with Crippen LogP contribution in [0.25, 0.3) is 0 Å². The Labute approximate surface area is 276 Å². The number of hydrogen-bond donors (Lipinski definition) is 6. The van der Waals surface area contributed by atoms with Crippen molar-refractivity contribution >= 4 is 35.5 Å². The molecule has 0 aromatic heterocycles. The van der Waals surface area contributed by atoms with Crippen molar-refractivity contribution in [2.45, 2.75) is 70.0 Å². The van der Waals surface area contributed by atoms with E-state index in [1.54, 1.807) is 31.3 Å². The molecule has 3 atom stereocenters. The molecule has 13 nitrogen and oxygen atoms in total. The third-order valence-electron chi connectivity index (χ3n) is 8.41. The highest BCUT2D eigenvalue weighted by Crippen LogP contribution is 2.27. The maximum atomic E-state index is 14.1. The van der Waals surface area contributed by atoms with Crippen molar-refractivity contribution < 1.29 is 23.9 Å². The number of benzene rings is 2. The van der Waals surface area contributed by atoms with E-state index in [2.05, 4.69) is 15.6 Å². The number of ether oxygens (including phenoxy) is 1. The molecule has 0 aliphatic heterocycles. The standard InChI is InChI=1S/C34H48N8O5/c1-42(21-23-10-5-3-6-11-23)32(45)26(20-22-15-17-25(18-16-22)29(35)36)30(43)41-28(24-12-7-4-8-13-24)31(44)40-27(33(46)47-2)14-9-19-39-34(37)38/h3,5-6,10-11,15-18,24,26-28H,4,7-9,12-14,19-21H2,1-2H3,(H3,35,36)(H,40,44)(H,41,43)(H4,37,38,39). The predicted molar refractivity (Wildman–Crippen MR) is 180 cm³/mol. The fourth-order valence-corrected chi connectivity index (χ4v) is 5.82. The van der Waals surface area contributed by atoms with Crippen molar-refractivity contribution in [3.63, 3.8) is 0 Å². The zero-order valence-corrected chi connectivity index (χ0v) is 27.2. The molecule has 13 heteroatoms. The number of methoxy groups -OCH3 is 1. The van der Waals surface area contributed by atoms with E-state index < -0.39 is 41.7 Å². The molecule has 0 radical (unpaired) electrons. The summed E-state index contributed by atoms with van der Waals surface area (Å²) in [6, 6.07) is 14.3. The zero-order valence-electron chi connectivity index (χ0n) is 27.2. The monoisotopic (exact) mass is 648 g/mol. The third-order valence-corrected chi connectivity index (χ3v) is 8.41. The number of nitrogens with one attached hydrogen (secondary N) is 3. The van der Waals surface area contributed by atoms with Gasteiger partial charge in [-0.1, -0.05) is 73.9 Å². The summed E-state index contributed by atoms with van der Waals surface area (Å²) in [5.74, 6) is -3.62. The highest BCUT2D eigenvalue weighted by Gasteiger charge is 2.37. The fourth-order valence-electron chi connectivity index (χ4n) is 5.82. The Morgan fingerprint density at radius 3 is 2.19 bits per heavy atom. The lowest BCUT2D eigenvalue weighted by Gasteiger charge is -2.32. The predicted octanol–water partition coefficient (Wildman–Crippen LogP) is 1.56. The van der Waals surface area contributed by atoms with Gasteiger partial charge in [0.2, 0.25) is 17.7 Å². The first-order chi connectivity index (χ1) is 22.5. The second kappa shape index (κ2) is 18.3. The largest absolute Gasteiger partial charge is 0.467 e. The van der Waals surface area contributed by atoms with Gasteiger partial charge >= 0.3 is 5.97 Å². The number of aliphatic imine (C=N–C) groups is 1. The van der Waals surface area contributed by atoms with Crippen molar-refractivity contribution in [1.82, 2.24) is 15.5 Å². The molecular formula is C34H48N8O5. The minimum absolute atomic E-state index is 0.0660. The van der Waals surface area contributed by atoms with Crippen LogP contribution in [-0.2, 0) is 36.9 Å². The average Bonchev–Trinajstić information content (AvgIpc) is 3.07. The number of hydrogen-bond acceptors (Lipinski definition) is 7. The second-order valence-corrected chi connectivity index (χ2v) is 12.0. The molecule has 0 bridgehead atoms. The molecule has 254 valence electrons. The molecule has 1 aliphatic carbocycles. The van der Waals surface area contributed by atoms with E-state index in [-0.39, 0.29) is 37.1 Å². The molecule has 2 aromatic carbocycles. The van der Waals surface area contributed by atoms with E-state index in [1.807, 2.05) is 30.3 Å². The van der Waals surface area contributed by atoms with E-state index in [4.69, 9.17) is 27.3 Å². The molecule has 0 heterocycles. The van der Waals surface area contributed by atoms with Crippen molar-refractivity contribution in [2.75, 3.05) is 20.7 Å². The molecule has 47 heavy (non-hydrogen) atoms. The summed E-state index contributed by atoms with van der Waals surface area (Å²) >= 11 is 0. The Bertz CT molecular complexity index is 1390. The minimum Gasteiger partial charge on any atom is -0.467 e. The van der Waals surface area contributed by atoms with E-state index in [0.29, 0.717) is 36.9 Å². The van der Waals surface area contributed by atoms with Crippen molar-refractivity contribution in [2.24, 2.45) is 34.0 Å². The van der Waals surface area contributed by atoms with Gasteiger partial charge in [0.25, 0.3) is 0 Å². The normalized spacial score (nSPS) is 14.9. The molecule has 9 N–H and O–H groups in total. The van der Waals surface area contributed by atoms with Gasteiger partial charge in [-0.2, -0.15) is 0 Å². The van der Waals surface area contributed by atoms with Gasteiger partial charge in [-0.15, -0.1) is 0 Å². The maximum Gasteiger partial charge on any atom is 0.328 e. The van der Waals surface area contributed by atoms with Crippen molar-refractivity contribution in [3.8, 4) is 0 Å². The molecular weight excluding hydrogens is 600 g/mol. The molecule has 3 amide bonds. The Morgan fingerprint density at radius 1 is 0.936 bits per heavy atom. The van der Waals surface area contributed by atoms with Crippen LogP contribution in [0.15, 0.2) is 59.6 Å². The van der Waals surface area contributed by atoms with Gasteiger partial charge in [0.15, 0.2) is 5.96 Å². The molecule has 2 aromatic rings. The number of amidine groups is 1. The Balaban J connectivity index is 1.87. The number of carbonyl (C=O) groups is 4. The first-order valence-electron chi connectivity index (χ1n) is 16.0. The lowest BCUT2D eigenvalue weighted by molar-refractivity contribution is -0.146. The van der Waals surface area contributed by atoms with Crippen LogP contribution in [0, 0.1) is 17.2 Å². The summed E-state index contributed by atoms with van der Waals surface area (Å²) in [4.78, 5) is 59.9. The van der Waals surface area contributed by atoms with Crippen LogP contribution in [0.3, 0.4) is 0 Å². The number of rotatable bonds is 16. The van der Waals surface area contributed by atoms with Gasteiger partial charge < -0.3 is 37.5 Å². The molecule has 1 aliphatic rings. The summed E-state index contributed by atoms with van der Waals surface area (Å²) in [7, 11) is 2.88. The number of guanidine groups is 1. The summed E-state index contributed by atoms with van der Waals surface area (Å²) in [6.07, 6.45) is 4.94. The number of nitrogens with two attached hydrogens (primary N) is 3. The maximum absolute atomic E-state index is 14.1. The lowest BCUT2D eigenvalue weighted by atomic mass is 9.83. The van der Waals surface area contributed by atoms with Crippen LogP contribution < -0.4 is 27.8 Å². The zero-order chi connectivity index (χ0) is 34.3. The first kappa shape index (κ1) is 36.5. The Hall–Kier alpha value is -4.94. The molecule has 0 spiro atoms. The Morgan fingerprint density at radius 2 is 1.60 bits per heavy atom. The molecule has 3 unspecified atom stereocenters. The highest BCUT2D eigenvalue weighted by atomic mass is 16.5. The quantitative estimate of drug-likeness (QED) is 0.0514. The molecule has 1 saturated carbocycles. The van der Waals surface area contributed by atoms with Crippen LogP contribution >= 0.6 is 0 Å². The SMILES string of the molecule is COC(=O)C(CCCN=C(N)N)NC(=O)C(NC(=O)C(Cc1ccc(C(=N)N)cc1)C(=O)N(C)Cc1ccccc1)C1CCCCC1. The lowest BCUT2D eigenvalue weighted by Crippen LogP contribution is -2.57. The summed E-state index contributed by atoms with van der Waals surface area (Å²) in [5, 5.41) is 13.4. The summed E-state index contributed by atoms with van der Waals surface area (Å²) < 4.78 is 4.93. The van der Waals surface area contributed by atoms with Crippen LogP contribution in [0.2, 0.25) is 0 Å². The van der Waals surface area contributed by atoms with Crippen LogP contribution in [0.1, 0.15) is 61.6 Å². The molecule has 3 rings (SSSR count). The smallest absolute Gasteiger partial charge is 0.328 e. The average molecular weight is 649 g/mol. The Kier molecular flexibility index (Phi) is 14.2. The number of amides is 3. The highest BCUT2D eigenvalue weighted by molar-refractivity contribution is 6.02. The number of nitrogen functional groups attached to an aromatic ring is 1. The van der Waals surface area contributed by atoms with Crippen molar-refractivity contribution in [1.29, 1.82) is 5.41 Å².